The van der Waals surface area contributed by atoms with E-state index in [-0.39, 0.29) is 54.9 Å². The van der Waals surface area contributed by atoms with Crippen LogP contribution in [0, 0.1) is 5.92 Å². The monoisotopic (exact) mass is 833 g/mol. The van der Waals surface area contributed by atoms with Crippen LogP contribution >= 0.6 is 11.6 Å². The Labute approximate surface area is 349 Å². The smallest absolute Gasteiger partial charge is 0.304 e. The van der Waals surface area contributed by atoms with Gasteiger partial charge < -0.3 is 24.2 Å². The summed E-state index contributed by atoms with van der Waals surface area (Å²) in [5.41, 5.74) is 3.27. The fourth-order valence-electron chi connectivity index (χ4n) is 9.54. The van der Waals surface area contributed by atoms with Crippen LogP contribution in [0.2, 0.25) is 23.7 Å². The molecule has 0 bridgehead atoms. The normalized spacial score (nSPS) is 23.0. The predicted octanol–water partition coefficient (Wildman–Crippen LogP) is 6.54. The Balaban J connectivity index is 1.11. The first kappa shape index (κ1) is 40.4. The van der Waals surface area contributed by atoms with E-state index >= 15 is 4.79 Å². The zero-order valence-electron chi connectivity index (χ0n) is 33.7. The number of ether oxygens (including phenoxy) is 3. The van der Waals surface area contributed by atoms with Crippen molar-refractivity contribution in [2.45, 2.75) is 82.3 Å². The van der Waals surface area contributed by atoms with Gasteiger partial charge in [-0.1, -0.05) is 96.6 Å². The van der Waals surface area contributed by atoms with Crippen molar-refractivity contribution in [3.05, 3.63) is 131 Å². The third kappa shape index (κ3) is 7.24. The van der Waals surface area contributed by atoms with Crippen molar-refractivity contribution in [3.63, 3.8) is 0 Å². The molecule has 14 heteroatoms. The molecule has 6 atom stereocenters. The van der Waals surface area contributed by atoms with E-state index in [1.54, 1.807) is 22.8 Å². The second-order valence-corrected chi connectivity index (χ2v) is 21.4. The highest BCUT2D eigenvalue weighted by atomic mass is 35.5. The molecule has 3 aliphatic rings. The molecule has 5 aromatic rings. The number of esters is 1. The number of aliphatic hydroxyl groups is 1. The maximum Gasteiger partial charge on any atom is 0.304 e. The van der Waals surface area contributed by atoms with E-state index in [4.69, 9.17) is 25.8 Å². The lowest BCUT2D eigenvalue weighted by molar-refractivity contribution is -0.154. The van der Waals surface area contributed by atoms with E-state index in [0.717, 1.165) is 28.1 Å². The maximum atomic E-state index is 15.3. The number of hydrogen-bond donors (Lipinski definition) is 1. The highest BCUT2D eigenvalue weighted by Crippen LogP contribution is 2.60. The summed E-state index contributed by atoms with van der Waals surface area (Å²) in [6.45, 7) is 8.81. The number of anilines is 2. The van der Waals surface area contributed by atoms with Gasteiger partial charge in [0.1, 0.15) is 5.75 Å². The van der Waals surface area contributed by atoms with Gasteiger partial charge in [0.2, 0.25) is 5.91 Å². The molecule has 1 spiro atoms. The topological polar surface area (TPSA) is 136 Å². The van der Waals surface area contributed by atoms with Gasteiger partial charge in [0.05, 0.1) is 58.2 Å². The van der Waals surface area contributed by atoms with Gasteiger partial charge in [-0.2, -0.15) is 0 Å². The summed E-state index contributed by atoms with van der Waals surface area (Å²) in [6.07, 6.45) is 1.63. The summed E-state index contributed by atoms with van der Waals surface area (Å²) in [5.74, 6) is -0.500. The molecule has 4 heterocycles. The minimum absolute atomic E-state index is 0.0114. The van der Waals surface area contributed by atoms with Crippen molar-refractivity contribution in [2.75, 3.05) is 23.5 Å². The van der Waals surface area contributed by atoms with Crippen molar-refractivity contribution >= 4 is 54.0 Å². The number of aliphatic hydroxyl groups excluding tert-OH is 1. The van der Waals surface area contributed by atoms with Crippen LogP contribution in [0.25, 0.3) is 0 Å². The van der Waals surface area contributed by atoms with Crippen molar-refractivity contribution in [3.8, 4) is 5.75 Å². The summed E-state index contributed by atoms with van der Waals surface area (Å²) < 4.78 is 19.9. The van der Waals surface area contributed by atoms with E-state index in [1.165, 1.54) is 17.0 Å². The van der Waals surface area contributed by atoms with Crippen molar-refractivity contribution in [1.29, 1.82) is 0 Å². The van der Waals surface area contributed by atoms with Gasteiger partial charge in [-0.25, -0.2) is 0 Å². The number of hydrogen-bond acceptors (Lipinski definition) is 9. The van der Waals surface area contributed by atoms with Gasteiger partial charge in [0.25, 0.3) is 5.91 Å². The van der Waals surface area contributed by atoms with Crippen LogP contribution in [0.5, 0.6) is 5.75 Å². The number of amides is 2. The van der Waals surface area contributed by atoms with E-state index < -0.39 is 25.9 Å². The van der Waals surface area contributed by atoms with E-state index in [0.29, 0.717) is 29.4 Å². The van der Waals surface area contributed by atoms with Crippen LogP contribution in [0.1, 0.15) is 55.0 Å². The minimum atomic E-state index is -2.43. The molecule has 1 N–H and O–H groups in total. The second kappa shape index (κ2) is 16.0. The van der Waals surface area contributed by atoms with E-state index in [2.05, 4.69) is 42.5 Å². The highest BCUT2D eigenvalue weighted by molar-refractivity contribution is 6.91. The lowest BCUT2D eigenvalue weighted by atomic mass is 9.82. The molecule has 2 unspecified atom stereocenters. The first-order valence-electron chi connectivity index (χ1n) is 19.9. The summed E-state index contributed by atoms with van der Waals surface area (Å²) in [7, 11) is -0.768. The van der Waals surface area contributed by atoms with Crippen LogP contribution in [-0.4, -0.2) is 72.0 Å². The van der Waals surface area contributed by atoms with Gasteiger partial charge in [-0.3, -0.25) is 24.0 Å². The van der Waals surface area contributed by atoms with Gasteiger partial charge in [-0.15, -0.1) is 5.10 Å². The Kier molecular flexibility index (Phi) is 11.0. The fraction of sp³-hybridized carbons (Fsp3) is 0.356. The summed E-state index contributed by atoms with van der Waals surface area (Å²) in [4.78, 5) is 42.6. The third-order valence-electron chi connectivity index (χ3n) is 12.5. The summed E-state index contributed by atoms with van der Waals surface area (Å²) in [6, 6.07) is 31.0. The number of methoxy groups -OCH3 is 1. The first-order chi connectivity index (χ1) is 28.3. The van der Waals surface area contributed by atoms with Crippen LogP contribution in [0.4, 0.5) is 11.4 Å². The Bertz CT molecular complexity index is 2360. The number of benzene rings is 4. The number of fused-ring (bicyclic) bond motifs is 2. The van der Waals surface area contributed by atoms with Crippen molar-refractivity contribution < 1.29 is 33.7 Å². The number of rotatable bonds is 13. The molecule has 2 fully saturated rings. The summed E-state index contributed by atoms with van der Waals surface area (Å²) >= 11 is 6.73. The van der Waals surface area contributed by atoms with Crippen molar-refractivity contribution in [1.82, 2.24) is 15.0 Å². The van der Waals surface area contributed by atoms with E-state index in [1.807, 2.05) is 85.1 Å². The molecule has 3 aliphatic heterocycles. The second-order valence-electron chi connectivity index (χ2n) is 16.2. The molecule has 12 nitrogen and oxygen atoms in total. The molecule has 2 amide bonds. The van der Waals surface area contributed by atoms with Crippen LogP contribution in [0.3, 0.4) is 0 Å². The Morgan fingerprint density at radius 2 is 1.76 bits per heavy atom. The predicted molar refractivity (Wildman–Crippen MR) is 226 cm³/mol. The van der Waals surface area contributed by atoms with Crippen molar-refractivity contribution in [2.24, 2.45) is 5.92 Å². The molecule has 59 heavy (non-hydrogen) atoms. The van der Waals surface area contributed by atoms with Crippen LogP contribution in [0.15, 0.2) is 103 Å². The average Bonchev–Trinajstić information content (AvgIpc) is 3.88. The number of halogens is 1. The zero-order chi connectivity index (χ0) is 41.6. The molecule has 0 radical (unpaired) electrons. The van der Waals surface area contributed by atoms with Crippen LogP contribution < -0.4 is 19.7 Å². The fourth-order valence-corrected chi connectivity index (χ4v) is 13.8. The maximum absolute atomic E-state index is 15.3. The lowest BCUT2D eigenvalue weighted by Gasteiger charge is -2.39. The quantitative estimate of drug-likeness (QED) is 0.0797. The number of carbonyl (C=O) groups is 3. The highest BCUT2D eigenvalue weighted by Gasteiger charge is 2.66. The number of aryl methyl sites for hydroxylation is 1. The molecule has 2 saturated heterocycles. The first-order valence-corrected chi connectivity index (χ1v) is 23.4. The molecule has 1 aromatic heterocycles. The van der Waals surface area contributed by atoms with Gasteiger partial charge in [0, 0.05) is 41.9 Å². The third-order valence-corrected chi connectivity index (χ3v) is 17.1. The SMILES string of the molecule is COc1ccc([Si](C)(C)[C@@H]2[C@@H](CCn3cc(C(CO)c4ccccc4)nn3)O[C@]3(C(=O)N(Cc4ccc(N5C(=O)CC5OC(C)=O)cc4)c4ccc(Cl)cc43)[C@H]2C)cc1. The molecular weight excluding hydrogens is 786 g/mol. The Morgan fingerprint density at radius 3 is 2.42 bits per heavy atom. The molecule has 0 aliphatic carbocycles. The zero-order valence-corrected chi connectivity index (χ0v) is 35.5. The van der Waals surface area contributed by atoms with Gasteiger partial charge in [-0.05, 0) is 65.6 Å². The summed E-state index contributed by atoms with van der Waals surface area (Å²) in [5, 5.41) is 21.0. The van der Waals surface area contributed by atoms with E-state index in [9.17, 15) is 14.7 Å². The number of carbonyl (C=O) groups excluding carboxylic acids is 3. The van der Waals surface area contributed by atoms with Gasteiger partial charge >= 0.3 is 5.97 Å². The Hall–Kier alpha value is -5.34. The van der Waals surface area contributed by atoms with Crippen LogP contribution in [-0.2, 0) is 42.5 Å². The van der Waals surface area contributed by atoms with Gasteiger partial charge in [0.15, 0.2) is 11.8 Å². The lowest BCUT2D eigenvalue weighted by Crippen LogP contribution is -2.54. The molecule has 306 valence electrons. The largest absolute Gasteiger partial charge is 0.497 e. The average molecular weight is 834 g/mol. The number of nitrogens with zero attached hydrogens (tertiary/aromatic N) is 5. The molecule has 0 saturated carbocycles. The molecule has 8 rings (SSSR count). The number of aromatic nitrogens is 3. The molecule has 4 aromatic carbocycles. The molecular formula is C45H48ClN5O7Si. The number of β-lactam (4-membered cyclic amide) rings is 1. The standard InChI is InChI=1S/C45H48ClN5O7Si/c1-28-43(59(4,5)35-18-16-34(56-3)17-19-35)40(21-22-49-26-38(47-48-49)36(27-52)31-9-7-6-8-10-31)58-45(28)37-23-32(46)13-20-39(37)50(44(45)55)25-30-11-14-33(15-12-30)51-41(54)24-42(51)57-29(2)53/h6-20,23,26,28,36,40,42-43,52H,21-22,24-25,27H2,1-5H3/t28-,36?,40+,42?,43-,45+/m0/s1. The minimum Gasteiger partial charge on any atom is -0.497 e. The Morgan fingerprint density at radius 1 is 1.03 bits per heavy atom.